The van der Waals surface area contributed by atoms with Crippen LogP contribution in [0.15, 0.2) is 48.5 Å². The number of fused-ring (bicyclic) bond motifs is 4. The minimum Gasteiger partial charge on any atom is -0.354 e. The summed E-state index contributed by atoms with van der Waals surface area (Å²) in [5.41, 5.74) is 4.53. The van der Waals surface area contributed by atoms with Crippen molar-refractivity contribution in [2.24, 2.45) is 0 Å². The minimum absolute atomic E-state index is 0.0506. The van der Waals surface area contributed by atoms with Gasteiger partial charge in [-0.25, -0.2) is 9.97 Å². The predicted molar refractivity (Wildman–Crippen MR) is 100 cm³/mol. The maximum atomic E-state index is 12.1. The van der Waals surface area contributed by atoms with E-state index in [0.29, 0.717) is 13.0 Å². The molecule has 2 heterocycles. The van der Waals surface area contributed by atoms with Crippen molar-refractivity contribution >= 4 is 39.0 Å². The molecule has 0 spiro atoms. The Balaban J connectivity index is 1.85. The molecule has 2 aromatic heterocycles. The van der Waals surface area contributed by atoms with Crippen LogP contribution < -0.4 is 5.32 Å². The molecule has 0 aliphatic rings. The molecule has 4 rings (SSSR count). The minimum atomic E-state index is 0.0506. The highest BCUT2D eigenvalue weighted by atomic mass is 16.1. The van der Waals surface area contributed by atoms with Gasteiger partial charge >= 0.3 is 0 Å². The molecule has 126 valence electrons. The summed E-state index contributed by atoms with van der Waals surface area (Å²) in [6, 6.07) is 16.2. The third-order valence-electron chi connectivity index (χ3n) is 4.27. The maximum absolute atomic E-state index is 12.1. The summed E-state index contributed by atoms with van der Waals surface area (Å²) in [4.78, 5) is 21.7. The van der Waals surface area contributed by atoms with E-state index in [1.54, 1.807) is 0 Å². The number of nitrogens with zero attached hydrogens (tertiary/aromatic N) is 3. The Morgan fingerprint density at radius 2 is 1.72 bits per heavy atom. The third-order valence-corrected chi connectivity index (χ3v) is 4.27. The zero-order valence-electron chi connectivity index (χ0n) is 14.4. The van der Waals surface area contributed by atoms with Gasteiger partial charge in [0.2, 0.25) is 5.91 Å². The van der Waals surface area contributed by atoms with E-state index in [9.17, 15) is 4.79 Å². The SMILES string of the molecule is CC(C)NC(=O)CCn1c2ccccc2c2nc3ccccc3nc21. The quantitative estimate of drug-likeness (QED) is 0.620. The van der Waals surface area contributed by atoms with E-state index in [0.717, 1.165) is 33.1 Å². The van der Waals surface area contributed by atoms with Crippen LogP contribution in [0.2, 0.25) is 0 Å². The Labute approximate surface area is 145 Å². The predicted octanol–water partition coefficient (Wildman–Crippen LogP) is 3.65. The summed E-state index contributed by atoms with van der Waals surface area (Å²) in [5.74, 6) is 0.0506. The second-order valence-electron chi connectivity index (χ2n) is 6.53. The van der Waals surface area contributed by atoms with Crippen LogP contribution in [0.25, 0.3) is 33.1 Å². The van der Waals surface area contributed by atoms with Gasteiger partial charge < -0.3 is 9.88 Å². The first-order valence-electron chi connectivity index (χ1n) is 8.56. The van der Waals surface area contributed by atoms with Crippen LogP contribution in [0.4, 0.5) is 0 Å². The van der Waals surface area contributed by atoms with Gasteiger partial charge in [-0.1, -0.05) is 30.3 Å². The molecule has 2 aromatic carbocycles. The Bertz CT molecular complexity index is 1080. The zero-order valence-corrected chi connectivity index (χ0v) is 14.4. The van der Waals surface area contributed by atoms with Crippen LogP contribution in [0.1, 0.15) is 20.3 Å². The first kappa shape index (κ1) is 15.6. The van der Waals surface area contributed by atoms with Crippen LogP contribution in [-0.4, -0.2) is 26.5 Å². The lowest BCUT2D eigenvalue weighted by Crippen LogP contribution is -2.30. The fourth-order valence-corrected chi connectivity index (χ4v) is 3.22. The number of rotatable bonds is 4. The van der Waals surface area contributed by atoms with Crippen molar-refractivity contribution in [2.45, 2.75) is 32.9 Å². The van der Waals surface area contributed by atoms with Gasteiger partial charge in [0.05, 0.1) is 16.6 Å². The molecule has 0 bridgehead atoms. The van der Waals surface area contributed by atoms with E-state index >= 15 is 0 Å². The highest BCUT2D eigenvalue weighted by Crippen LogP contribution is 2.28. The molecule has 5 heteroatoms. The molecule has 1 N–H and O–H groups in total. The van der Waals surface area contributed by atoms with Gasteiger partial charge in [-0.05, 0) is 32.0 Å². The average molecular weight is 332 g/mol. The monoisotopic (exact) mass is 332 g/mol. The van der Waals surface area contributed by atoms with Gasteiger partial charge in [-0.15, -0.1) is 0 Å². The first-order chi connectivity index (χ1) is 12.1. The van der Waals surface area contributed by atoms with Crippen molar-refractivity contribution in [2.75, 3.05) is 0 Å². The van der Waals surface area contributed by atoms with E-state index < -0.39 is 0 Å². The number of para-hydroxylation sites is 3. The summed E-state index contributed by atoms with van der Waals surface area (Å²) < 4.78 is 2.10. The molecular formula is C20H20N4O. The average Bonchev–Trinajstić information content (AvgIpc) is 2.90. The van der Waals surface area contributed by atoms with Gasteiger partial charge in [0.1, 0.15) is 5.52 Å². The van der Waals surface area contributed by atoms with Crippen LogP contribution >= 0.6 is 0 Å². The Morgan fingerprint density at radius 3 is 2.48 bits per heavy atom. The Morgan fingerprint density at radius 1 is 1.04 bits per heavy atom. The highest BCUT2D eigenvalue weighted by Gasteiger charge is 2.15. The van der Waals surface area contributed by atoms with E-state index in [2.05, 4.69) is 22.0 Å². The molecule has 0 fully saturated rings. The topological polar surface area (TPSA) is 59.8 Å². The van der Waals surface area contributed by atoms with Gasteiger partial charge in [-0.3, -0.25) is 4.79 Å². The molecule has 5 nitrogen and oxygen atoms in total. The van der Waals surface area contributed by atoms with Crippen molar-refractivity contribution in [1.29, 1.82) is 0 Å². The molecule has 0 unspecified atom stereocenters. The molecule has 0 atom stereocenters. The van der Waals surface area contributed by atoms with Crippen molar-refractivity contribution < 1.29 is 4.79 Å². The van der Waals surface area contributed by atoms with E-state index in [-0.39, 0.29) is 11.9 Å². The van der Waals surface area contributed by atoms with Gasteiger partial charge in [-0.2, -0.15) is 0 Å². The van der Waals surface area contributed by atoms with Crippen LogP contribution in [0.3, 0.4) is 0 Å². The summed E-state index contributed by atoms with van der Waals surface area (Å²) in [6.45, 7) is 4.52. The zero-order chi connectivity index (χ0) is 17.4. The summed E-state index contributed by atoms with van der Waals surface area (Å²) in [7, 11) is 0. The second-order valence-corrected chi connectivity index (χ2v) is 6.53. The normalized spacial score (nSPS) is 11.6. The van der Waals surface area contributed by atoms with Crippen molar-refractivity contribution in [1.82, 2.24) is 19.9 Å². The van der Waals surface area contributed by atoms with Crippen molar-refractivity contribution in [3.8, 4) is 0 Å². The third kappa shape index (κ3) is 2.82. The molecule has 0 saturated heterocycles. The molecule has 25 heavy (non-hydrogen) atoms. The number of nitrogens with one attached hydrogen (secondary N) is 1. The molecule has 0 radical (unpaired) electrons. The van der Waals surface area contributed by atoms with E-state index in [1.807, 2.05) is 50.2 Å². The van der Waals surface area contributed by atoms with Gasteiger partial charge in [0, 0.05) is 24.4 Å². The van der Waals surface area contributed by atoms with Gasteiger partial charge in [0.25, 0.3) is 0 Å². The smallest absolute Gasteiger partial charge is 0.221 e. The molecular weight excluding hydrogens is 312 g/mol. The number of aromatic nitrogens is 3. The Kier molecular flexibility index (Phi) is 3.84. The molecule has 0 saturated carbocycles. The molecule has 0 aliphatic heterocycles. The molecule has 4 aromatic rings. The summed E-state index contributed by atoms with van der Waals surface area (Å²) >= 11 is 0. The summed E-state index contributed by atoms with van der Waals surface area (Å²) in [5, 5.41) is 4.01. The number of aryl methyl sites for hydroxylation is 1. The van der Waals surface area contributed by atoms with Crippen LogP contribution in [0.5, 0.6) is 0 Å². The molecule has 1 amide bonds. The van der Waals surface area contributed by atoms with Crippen molar-refractivity contribution in [3.05, 3.63) is 48.5 Å². The van der Waals surface area contributed by atoms with Crippen LogP contribution in [-0.2, 0) is 11.3 Å². The number of carbonyl (C=O) groups excluding carboxylic acids is 1. The lowest BCUT2D eigenvalue weighted by atomic mass is 10.2. The standard InChI is InChI=1S/C20H20N4O/c1-13(2)21-18(25)11-12-24-17-10-6-3-7-14(17)19-20(24)23-16-9-5-4-8-15(16)22-19/h3-10,13H,11-12H2,1-2H3,(H,21,25). The number of hydrogen-bond donors (Lipinski definition) is 1. The van der Waals surface area contributed by atoms with E-state index in [1.165, 1.54) is 0 Å². The maximum Gasteiger partial charge on any atom is 0.221 e. The van der Waals surface area contributed by atoms with Crippen LogP contribution in [0, 0.1) is 0 Å². The van der Waals surface area contributed by atoms with E-state index in [4.69, 9.17) is 9.97 Å². The number of carbonyl (C=O) groups is 1. The number of hydrogen-bond acceptors (Lipinski definition) is 3. The second kappa shape index (κ2) is 6.16. The number of amides is 1. The van der Waals surface area contributed by atoms with Crippen molar-refractivity contribution in [3.63, 3.8) is 0 Å². The largest absolute Gasteiger partial charge is 0.354 e. The fraction of sp³-hybridized carbons (Fsp3) is 0.250. The lowest BCUT2D eigenvalue weighted by Gasteiger charge is -2.10. The molecule has 0 aliphatic carbocycles. The fourth-order valence-electron chi connectivity index (χ4n) is 3.22. The summed E-state index contributed by atoms with van der Waals surface area (Å²) in [6.07, 6.45) is 0.417. The number of benzene rings is 2. The highest BCUT2D eigenvalue weighted by molar-refractivity contribution is 6.06. The first-order valence-corrected chi connectivity index (χ1v) is 8.56. The Hall–Kier alpha value is -2.95. The van der Waals surface area contributed by atoms with Gasteiger partial charge in [0.15, 0.2) is 5.65 Å². The lowest BCUT2D eigenvalue weighted by molar-refractivity contribution is -0.121.